The topological polar surface area (TPSA) is 64.3 Å². The maximum Gasteiger partial charge on any atom is 0.137 e. The Balaban J connectivity index is 1.87. The van der Waals surface area contributed by atoms with Crippen molar-refractivity contribution in [2.75, 3.05) is 18.0 Å². The molecule has 2 aliphatic heterocycles. The number of rotatable bonds is 1. The van der Waals surface area contributed by atoms with Gasteiger partial charge in [-0.3, -0.25) is 0 Å². The maximum absolute atomic E-state index is 5.90. The van der Waals surface area contributed by atoms with Crippen molar-refractivity contribution in [3.63, 3.8) is 0 Å². The van der Waals surface area contributed by atoms with Gasteiger partial charge in [0.25, 0.3) is 0 Å². The standard InChI is InChI=1S/C11H16N4O/c12-8-1-3-15(4-2-8)11-9-5-16-6-10(9)13-7-14-11/h7-8H,1-6,12H2. The summed E-state index contributed by atoms with van der Waals surface area (Å²) in [5, 5.41) is 0. The lowest BCUT2D eigenvalue weighted by molar-refractivity contribution is 0.133. The molecule has 1 aromatic rings. The van der Waals surface area contributed by atoms with E-state index >= 15 is 0 Å². The van der Waals surface area contributed by atoms with Gasteiger partial charge in [-0.25, -0.2) is 9.97 Å². The smallest absolute Gasteiger partial charge is 0.137 e. The molecule has 16 heavy (non-hydrogen) atoms. The first kappa shape index (κ1) is 9.99. The summed E-state index contributed by atoms with van der Waals surface area (Å²) in [4.78, 5) is 10.9. The summed E-state index contributed by atoms with van der Waals surface area (Å²) in [5.41, 5.74) is 8.11. The predicted octanol–water partition coefficient (Wildman–Crippen LogP) is 0.434. The van der Waals surface area contributed by atoms with E-state index in [1.54, 1.807) is 6.33 Å². The largest absolute Gasteiger partial charge is 0.370 e. The van der Waals surface area contributed by atoms with Crippen LogP contribution in [0.25, 0.3) is 0 Å². The third kappa shape index (κ3) is 1.66. The highest BCUT2D eigenvalue weighted by Gasteiger charge is 2.24. The van der Waals surface area contributed by atoms with Gasteiger partial charge in [-0.15, -0.1) is 0 Å². The van der Waals surface area contributed by atoms with E-state index in [4.69, 9.17) is 10.5 Å². The molecule has 0 radical (unpaired) electrons. The van der Waals surface area contributed by atoms with Gasteiger partial charge in [0.05, 0.1) is 18.9 Å². The molecular formula is C11H16N4O. The summed E-state index contributed by atoms with van der Waals surface area (Å²) < 4.78 is 5.41. The van der Waals surface area contributed by atoms with Crippen LogP contribution in [0.5, 0.6) is 0 Å². The van der Waals surface area contributed by atoms with Crippen molar-refractivity contribution in [2.24, 2.45) is 5.73 Å². The number of hydrogen-bond acceptors (Lipinski definition) is 5. The lowest BCUT2D eigenvalue weighted by Gasteiger charge is -2.31. The summed E-state index contributed by atoms with van der Waals surface area (Å²) in [6.07, 6.45) is 3.72. The first-order valence-corrected chi connectivity index (χ1v) is 5.75. The Labute approximate surface area is 94.6 Å². The van der Waals surface area contributed by atoms with Gasteiger partial charge in [0.15, 0.2) is 0 Å². The number of nitrogens with zero attached hydrogens (tertiary/aromatic N) is 3. The molecule has 0 bridgehead atoms. The second-order valence-electron chi connectivity index (χ2n) is 4.44. The average Bonchev–Trinajstić information content (AvgIpc) is 2.78. The van der Waals surface area contributed by atoms with E-state index in [2.05, 4.69) is 14.9 Å². The van der Waals surface area contributed by atoms with Gasteiger partial charge in [-0.1, -0.05) is 0 Å². The minimum Gasteiger partial charge on any atom is -0.370 e. The van der Waals surface area contributed by atoms with E-state index in [-0.39, 0.29) is 0 Å². The molecule has 1 saturated heterocycles. The Bertz CT molecular complexity index is 388. The van der Waals surface area contributed by atoms with E-state index < -0.39 is 0 Å². The normalized spacial score (nSPS) is 21.2. The SMILES string of the molecule is NC1CCN(c2ncnc3c2COC3)CC1. The fourth-order valence-electron chi connectivity index (χ4n) is 2.34. The molecule has 0 atom stereocenters. The molecule has 0 aliphatic carbocycles. The van der Waals surface area contributed by atoms with Gasteiger partial charge in [-0.05, 0) is 12.8 Å². The quantitative estimate of drug-likeness (QED) is 0.743. The van der Waals surface area contributed by atoms with Gasteiger partial charge in [0.1, 0.15) is 12.1 Å². The molecule has 2 N–H and O–H groups in total. The van der Waals surface area contributed by atoms with Crippen molar-refractivity contribution in [1.82, 2.24) is 9.97 Å². The fraction of sp³-hybridized carbons (Fsp3) is 0.636. The Morgan fingerprint density at radius 1 is 1.25 bits per heavy atom. The molecule has 3 heterocycles. The van der Waals surface area contributed by atoms with E-state index in [1.165, 1.54) is 0 Å². The van der Waals surface area contributed by atoms with Crippen LogP contribution in [0.1, 0.15) is 24.1 Å². The second-order valence-corrected chi connectivity index (χ2v) is 4.44. The summed E-state index contributed by atoms with van der Waals surface area (Å²) in [5.74, 6) is 1.05. The van der Waals surface area contributed by atoms with Crippen molar-refractivity contribution < 1.29 is 4.74 Å². The van der Waals surface area contributed by atoms with Crippen molar-refractivity contribution >= 4 is 5.82 Å². The monoisotopic (exact) mass is 220 g/mol. The van der Waals surface area contributed by atoms with Crippen LogP contribution < -0.4 is 10.6 Å². The van der Waals surface area contributed by atoms with Gasteiger partial charge < -0.3 is 15.4 Å². The van der Waals surface area contributed by atoms with Gasteiger partial charge in [0.2, 0.25) is 0 Å². The fourth-order valence-corrected chi connectivity index (χ4v) is 2.34. The van der Waals surface area contributed by atoms with Crippen LogP contribution in [0.3, 0.4) is 0 Å². The zero-order valence-corrected chi connectivity index (χ0v) is 9.22. The molecule has 0 amide bonds. The number of nitrogens with two attached hydrogens (primary N) is 1. The zero-order chi connectivity index (χ0) is 11.0. The Morgan fingerprint density at radius 3 is 2.88 bits per heavy atom. The number of fused-ring (bicyclic) bond motifs is 1. The van der Waals surface area contributed by atoms with E-state index in [0.29, 0.717) is 19.3 Å². The van der Waals surface area contributed by atoms with Crippen LogP contribution >= 0.6 is 0 Å². The minimum absolute atomic E-state index is 0.349. The maximum atomic E-state index is 5.90. The highest BCUT2D eigenvalue weighted by molar-refractivity contribution is 5.49. The Morgan fingerprint density at radius 2 is 2.06 bits per heavy atom. The van der Waals surface area contributed by atoms with E-state index in [9.17, 15) is 0 Å². The first-order valence-electron chi connectivity index (χ1n) is 5.75. The lowest BCUT2D eigenvalue weighted by atomic mass is 10.1. The van der Waals surface area contributed by atoms with E-state index in [0.717, 1.165) is 43.0 Å². The molecule has 2 aliphatic rings. The predicted molar refractivity (Wildman–Crippen MR) is 59.9 cm³/mol. The molecule has 0 unspecified atom stereocenters. The number of aromatic nitrogens is 2. The molecule has 3 rings (SSSR count). The second kappa shape index (κ2) is 3.99. The first-order chi connectivity index (χ1) is 7.84. The molecule has 0 saturated carbocycles. The number of hydrogen-bond donors (Lipinski definition) is 1. The van der Waals surface area contributed by atoms with Crippen LogP contribution in [-0.4, -0.2) is 29.1 Å². The van der Waals surface area contributed by atoms with Crippen LogP contribution in [-0.2, 0) is 18.0 Å². The Kier molecular flexibility index (Phi) is 2.49. The molecule has 5 nitrogen and oxygen atoms in total. The molecule has 0 spiro atoms. The molecule has 1 fully saturated rings. The zero-order valence-electron chi connectivity index (χ0n) is 9.22. The van der Waals surface area contributed by atoms with Crippen molar-refractivity contribution in [1.29, 1.82) is 0 Å². The lowest BCUT2D eigenvalue weighted by Crippen LogP contribution is -2.40. The average molecular weight is 220 g/mol. The molecule has 1 aromatic heterocycles. The number of ether oxygens (including phenoxy) is 1. The summed E-state index contributed by atoms with van der Waals surface area (Å²) in [7, 11) is 0. The molecule has 5 heteroatoms. The van der Waals surface area contributed by atoms with Crippen molar-refractivity contribution in [2.45, 2.75) is 32.1 Å². The number of anilines is 1. The van der Waals surface area contributed by atoms with Crippen LogP contribution in [0.2, 0.25) is 0 Å². The molecule has 86 valence electrons. The summed E-state index contributed by atoms with van der Waals surface area (Å²) in [6.45, 7) is 3.25. The summed E-state index contributed by atoms with van der Waals surface area (Å²) >= 11 is 0. The highest BCUT2D eigenvalue weighted by atomic mass is 16.5. The summed E-state index contributed by atoms with van der Waals surface area (Å²) in [6, 6.07) is 0.349. The molecular weight excluding hydrogens is 204 g/mol. The van der Waals surface area contributed by atoms with Gasteiger partial charge in [0, 0.05) is 24.7 Å². The van der Waals surface area contributed by atoms with Gasteiger partial charge in [-0.2, -0.15) is 0 Å². The third-order valence-electron chi connectivity index (χ3n) is 3.34. The van der Waals surface area contributed by atoms with Crippen molar-refractivity contribution in [3.05, 3.63) is 17.6 Å². The van der Waals surface area contributed by atoms with Crippen LogP contribution in [0.4, 0.5) is 5.82 Å². The van der Waals surface area contributed by atoms with Gasteiger partial charge >= 0.3 is 0 Å². The minimum atomic E-state index is 0.349. The highest BCUT2D eigenvalue weighted by Crippen LogP contribution is 2.27. The van der Waals surface area contributed by atoms with E-state index in [1.807, 2.05) is 0 Å². The third-order valence-corrected chi connectivity index (χ3v) is 3.34. The number of piperidine rings is 1. The molecule has 0 aromatic carbocycles. The Hall–Kier alpha value is -1.20. The van der Waals surface area contributed by atoms with Crippen molar-refractivity contribution in [3.8, 4) is 0 Å². The van der Waals surface area contributed by atoms with Crippen LogP contribution in [0.15, 0.2) is 6.33 Å². The van der Waals surface area contributed by atoms with Crippen LogP contribution in [0, 0.1) is 0 Å².